The summed E-state index contributed by atoms with van der Waals surface area (Å²) in [6.45, 7) is 3.97. The zero-order valence-corrected chi connectivity index (χ0v) is 18.9. The fraction of sp³-hybridized carbons (Fsp3) is 0.250. The number of ether oxygens (including phenoxy) is 1. The van der Waals surface area contributed by atoms with Crippen LogP contribution in [0.2, 0.25) is 0 Å². The van der Waals surface area contributed by atoms with Crippen molar-refractivity contribution in [1.82, 2.24) is 10.3 Å². The van der Waals surface area contributed by atoms with Crippen molar-refractivity contribution in [2.24, 2.45) is 0 Å². The average molecular weight is 450 g/mol. The van der Waals surface area contributed by atoms with Crippen LogP contribution in [0.4, 0.5) is 5.82 Å². The Kier molecular flexibility index (Phi) is 6.05. The highest BCUT2D eigenvalue weighted by molar-refractivity contribution is 7.17. The molecule has 4 rings (SSSR count). The summed E-state index contributed by atoms with van der Waals surface area (Å²) in [5, 5.41) is 2.92. The van der Waals surface area contributed by atoms with Crippen molar-refractivity contribution in [3.05, 3.63) is 64.0 Å². The number of hydrogen-bond acceptors (Lipinski definition) is 6. The first kappa shape index (κ1) is 21.7. The quantitative estimate of drug-likeness (QED) is 0.578. The molecule has 0 unspecified atom stereocenters. The molecule has 3 aromatic rings. The highest BCUT2D eigenvalue weighted by atomic mass is 32.1. The standard InChI is InChI=1S/C24H23N3O4S/c1-14(28)21-8-9-22(32-21)19-6-5-18(23(26-19)27(3)15(2)29)24(30)25-13-16-4-7-20-17(12-16)10-11-31-20/h4-9,12H,10-11,13H2,1-3H3,(H,25,30). The first-order valence-corrected chi connectivity index (χ1v) is 11.0. The van der Waals surface area contributed by atoms with Crippen LogP contribution in [0.1, 0.15) is 45.0 Å². The first-order chi connectivity index (χ1) is 15.3. The van der Waals surface area contributed by atoms with Gasteiger partial charge in [-0.3, -0.25) is 19.3 Å². The van der Waals surface area contributed by atoms with Gasteiger partial charge in [-0.1, -0.05) is 12.1 Å². The van der Waals surface area contributed by atoms with Gasteiger partial charge in [0.1, 0.15) is 11.6 Å². The molecule has 0 saturated carbocycles. The molecule has 0 aliphatic carbocycles. The summed E-state index contributed by atoms with van der Waals surface area (Å²) < 4.78 is 5.52. The Labute approximate surface area is 190 Å². The second kappa shape index (κ2) is 8.92. The second-order valence-corrected chi connectivity index (χ2v) is 8.67. The molecule has 2 aromatic heterocycles. The fourth-order valence-corrected chi connectivity index (χ4v) is 4.33. The van der Waals surface area contributed by atoms with E-state index in [1.807, 2.05) is 24.3 Å². The molecule has 1 aromatic carbocycles. The van der Waals surface area contributed by atoms with Crippen molar-refractivity contribution in [3.8, 4) is 16.3 Å². The summed E-state index contributed by atoms with van der Waals surface area (Å²) in [6, 6.07) is 12.9. The highest BCUT2D eigenvalue weighted by Gasteiger charge is 2.20. The van der Waals surface area contributed by atoms with Crippen LogP contribution < -0.4 is 15.0 Å². The molecule has 1 aliphatic heterocycles. The van der Waals surface area contributed by atoms with E-state index in [-0.39, 0.29) is 23.4 Å². The van der Waals surface area contributed by atoms with E-state index in [1.165, 1.54) is 30.1 Å². The molecular weight excluding hydrogens is 426 g/mol. The van der Waals surface area contributed by atoms with Crippen molar-refractivity contribution in [2.45, 2.75) is 26.8 Å². The van der Waals surface area contributed by atoms with Gasteiger partial charge in [-0.05, 0) is 48.4 Å². The highest BCUT2D eigenvalue weighted by Crippen LogP contribution is 2.30. The van der Waals surface area contributed by atoms with Crippen LogP contribution in [-0.4, -0.2) is 36.2 Å². The molecule has 0 bridgehead atoms. The molecule has 0 atom stereocenters. The van der Waals surface area contributed by atoms with E-state index in [0.29, 0.717) is 29.3 Å². The van der Waals surface area contributed by atoms with Crippen molar-refractivity contribution >= 4 is 34.8 Å². The van der Waals surface area contributed by atoms with E-state index in [4.69, 9.17) is 4.74 Å². The third-order valence-electron chi connectivity index (χ3n) is 5.32. The first-order valence-electron chi connectivity index (χ1n) is 10.2. The molecule has 3 heterocycles. The maximum atomic E-state index is 13.0. The number of fused-ring (bicyclic) bond motifs is 1. The minimum Gasteiger partial charge on any atom is -0.493 e. The Morgan fingerprint density at radius 2 is 1.94 bits per heavy atom. The topological polar surface area (TPSA) is 88.6 Å². The van der Waals surface area contributed by atoms with Crippen LogP contribution in [0.3, 0.4) is 0 Å². The predicted octanol–water partition coefficient (Wildman–Crippen LogP) is 3.86. The minimum atomic E-state index is -0.320. The third kappa shape index (κ3) is 4.40. The molecule has 1 aliphatic rings. The third-order valence-corrected chi connectivity index (χ3v) is 6.53. The SMILES string of the molecule is CC(=O)c1ccc(-c2ccc(C(=O)NCc3ccc4c(c3)CCO4)c(N(C)C(C)=O)n2)s1. The Morgan fingerprint density at radius 3 is 2.66 bits per heavy atom. The number of carbonyl (C=O) groups excluding carboxylic acids is 3. The number of benzene rings is 1. The van der Waals surface area contributed by atoms with Gasteiger partial charge >= 0.3 is 0 Å². The van der Waals surface area contributed by atoms with E-state index in [2.05, 4.69) is 10.3 Å². The van der Waals surface area contributed by atoms with Crippen LogP contribution in [0.5, 0.6) is 5.75 Å². The van der Waals surface area contributed by atoms with Gasteiger partial charge in [-0.2, -0.15) is 0 Å². The van der Waals surface area contributed by atoms with Gasteiger partial charge in [-0.25, -0.2) is 4.98 Å². The van der Waals surface area contributed by atoms with Gasteiger partial charge < -0.3 is 10.1 Å². The van der Waals surface area contributed by atoms with E-state index < -0.39 is 0 Å². The molecule has 0 radical (unpaired) electrons. The summed E-state index contributed by atoms with van der Waals surface area (Å²) in [5.41, 5.74) is 3.02. The molecule has 32 heavy (non-hydrogen) atoms. The van der Waals surface area contributed by atoms with Crippen molar-refractivity contribution in [1.29, 1.82) is 0 Å². The van der Waals surface area contributed by atoms with Crippen LogP contribution >= 0.6 is 11.3 Å². The lowest BCUT2D eigenvalue weighted by atomic mass is 10.1. The molecule has 1 N–H and O–H groups in total. The van der Waals surface area contributed by atoms with Crippen molar-refractivity contribution in [3.63, 3.8) is 0 Å². The Bertz CT molecular complexity index is 1220. The number of hydrogen-bond donors (Lipinski definition) is 1. The summed E-state index contributed by atoms with van der Waals surface area (Å²) in [5.74, 6) is 0.591. The van der Waals surface area contributed by atoms with E-state index in [0.717, 1.165) is 28.2 Å². The van der Waals surface area contributed by atoms with Gasteiger partial charge in [0.25, 0.3) is 5.91 Å². The molecule has 2 amide bonds. The number of pyridine rings is 1. The number of Topliss-reactive ketones (excluding diaryl/α,β-unsaturated/α-hetero) is 1. The van der Waals surface area contributed by atoms with E-state index in [9.17, 15) is 14.4 Å². The predicted molar refractivity (Wildman–Crippen MR) is 123 cm³/mol. The summed E-state index contributed by atoms with van der Waals surface area (Å²) in [7, 11) is 1.58. The number of thiophene rings is 1. The lowest BCUT2D eigenvalue weighted by molar-refractivity contribution is -0.116. The maximum absolute atomic E-state index is 13.0. The van der Waals surface area contributed by atoms with Crippen LogP contribution in [0, 0.1) is 0 Å². The minimum absolute atomic E-state index is 0.0172. The number of amides is 2. The zero-order valence-electron chi connectivity index (χ0n) is 18.1. The zero-order chi connectivity index (χ0) is 22.8. The molecule has 7 nitrogen and oxygen atoms in total. The second-order valence-electron chi connectivity index (χ2n) is 7.59. The smallest absolute Gasteiger partial charge is 0.255 e. The van der Waals surface area contributed by atoms with Crippen molar-refractivity contribution in [2.75, 3.05) is 18.6 Å². The number of nitrogens with one attached hydrogen (secondary N) is 1. The van der Waals surface area contributed by atoms with Gasteiger partial charge in [0, 0.05) is 26.9 Å². The van der Waals surface area contributed by atoms with Crippen LogP contribution in [0.15, 0.2) is 42.5 Å². The lowest BCUT2D eigenvalue weighted by Crippen LogP contribution is -2.30. The molecule has 8 heteroatoms. The fourth-order valence-electron chi connectivity index (χ4n) is 3.46. The van der Waals surface area contributed by atoms with Crippen LogP contribution in [0.25, 0.3) is 10.6 Å². The summed E-state index contributed by atoms with van der Waals surface area (Å²) in [6.07, 6.45) is 0.865. The van der Waals surface area contributed by atoms with Crippen LogP contribution in [-0.2, 0) is 17.8 Å². The Balaban J connectivity index is 1.59. The lowest BCUT2D eigenvalue weighted by Gasteiger charge is -2.18. The normalized spacial score (nSPS) is 12.1. The summed E-state index contributed by atoms with van der Waals surface area (Å²) >= 11 is 1.33. The molecule has 0 spiro atoms. The average Bonchev–Trinajstić information content (AvgIpc) is 3.46. The largest absolute Gasteiger partial charge is 0.493 e. The van der Waals surface area contributed by atoms with Gasteiger partial charge in [0.05, 0.1) is 27.6 Å². The van der Waals surface area contributed by atoms with Gasteiger partial charge in [0.2, 0.25) is 5.91 Å². The molecule has 0 saturated heterocycles. The number of nitrogens with zero attached hydrogens (tertiary/aromatic N) is 2. The van der Waals surface area contributed by atoms with E-state index >= 15 is 0 Å². The number of ketones is 1. The monoisotopic (exact) mass is 449 g/mol. The Morgan fingerprint density at radius 1 is 1.12 bits per heavy atom. The molecular formula is C24H23N3O4S. The van der Waals surface area contributed by atoms with E-state index in [1.54, 1.807) is 25.2 Å². The molecule has 0 fully saturated rings. The van der Waals surface area contributed by atoms with Gasteiger partial charge in [-0.15, -0.1) is 11.3 Å². The number of rotatable bonds is 6. The summed E-state index contributed by atoms with van der Waals surface area (Å²) in [4.78, 5) is 44.0. The molecule has 164 valence electrons. The number of anilines is 1. The van der Waals surface area contributed by atoms with Gasteiger partial charge in [0.15, 0.2) is 5.78 Å². The number of aromatic nitrogens is 1. The number of carbonyl (C=O) groups is 3. The van der Waals surface area contributed by atoms with Crippen molar-refractivity contribution < 1.29 is 19.1 Å². The maximum Gasteiger partial charge on any atom is 0.255 e. The Hall–Kier alpha value is -3.52.